The Morgan fingerprint density at radius 1 is 1.10 bits per heavy atom. The first-order chi connectivity index (χ1) is 14.8. The summed E-state index contributed by atoms with van der Waals surface area (Å²) in [6, 6.07) is 10.8. The molecule has 1 saturated heterocycles. The fraction of sp³-hybridized carbons (Fsp3) is 0.375. The van der Waals surface area contributed by atoms with Gasteiger partial charge in [-0.3, -0.25) is 4.79 Å². The third kappa shape index (κ3) is 3.99. The van der Waals surface area contributed by atoms with Gasteiger partial charge in [-0.25, -0.2) is 12.8 Å². The second-order valence-corrected chi connectivity index (χ2v) is 10.2. The van der Waals surface area contributed by atoms with Gasteiger partial charge in [-0.05, 0) is 49.4 Å². The minimum atomic E-state index is -4.02. The van der Waals surface area contributed by atoms with Crippen molar-refractivity contribution in [3.8, 4) is 0 Å². The molecule has 0 unspecified atom stereocenters. The van der Waals surface area contributed by atoms with Crippen LogP contribution >= 0.6 is 0 Å². The van der Waals surface area contributed by atoms with E-state index in [1.807, 2.05) is 11.8 Å². The predicted molar refractivity (Wildman–Crippen MR) is 121 cm³/mol. The molecule has 164 valence electrons. The summed E-state index contributed by atoms with van der Waals surface area (Å²) < 4.78 is 43.2. The first kappa shape index (κ1) is 21.6. The van der Waals surface area contributed by atoms with Crippen molar-refractivity contribution in [2.45, 2.75) is 49.4 Å². The van der Waals surface area contributed by atoms with E-state index in [-0.39, 0.29) is 15.2 Å². The highest BCUT2D eigenvalue weighted by molar-refractivity contribution is 7.91. The van der Waals surface area contributed by atoms with Gasteiger partial charge in [-0.15, -0.1) is 0 Å². The number of pyridine rings is 1. The molecule has 0 radical (unpaired) electrons. The number of piperidine rings is 1. The van der Waals surface area contributed by atoms with Crippen LogP contribution in [0.2, 0.25) is 0 Å². The molecule has 0 spiro atoms. The maximum absolute atomic E-state index is 15.1. The number of halogens is 1. The highest BCUT2D eigenvalue weighted by Gasteiger charge is 2.25. The van der Waals surface area contributed by atoms with Crippen LogP contribution in [0, 0.1) is 11.7 Å². The van der Waals surface area contributed by atoms with Gasteiger partial charge < -0.3 is 9.47 Å². The van der Waals surface area contributed by atoms with Crippen molar-refractivity contribution in [2.24, 2.45) is 5.92 Å². The molecule has 0 aliphatic carbocycles. The molecule has 0 N–H and O–H groups in total. The molecule has 0 atom stereocenters. The molecular weight excluding hydrogens is 415 g/mol. The smallest absolute Gasteiger partial charge is 0.211 e. The summed E-state index contributed by atoms with van der Waals surface area (Å²) in [4.78, 5) is 15.0. The third-order valence-electron chi connectivity index (χ3n) is 6.05. The normalized spacial score (nSPS) is 15.5. The summed E-state index contributed by atoms with van der Waals surface area (Å²) in [5.74, 6) is 0.125. The molecule has 1 aromatic heterocycles. The van der Waals surface area contributed by atoms with Gasteiger partial charge in [0.15, 0.2) is 0 Å². The fourth-order valence-corrected chi connectivity index (χ4v) is 5.60. The van der Waals surface area contributed by atoms with E-state index in [0.717, 1.165) is 32.4 Å². The molecule has 2 heterocycles. The lowest BCUT2D eigenvalue weighted by atomic mass is 9.98. The Bertz CT molecular complexity index is 1260. The number of nitrogens with zero attached hydrogens (tertiary/aromatic N) is 2. The van der Waals surface area contributed by atoms with E-state index in [2.05, 4.69) is 6.92 Å². The number of hydrogen-bond donors (Lipinski definition) is 0. The summed E-state index contributed by atoms with van der Waals surface area (Å²) in [6.07, 6.45) is 4.15. The van der Waals surface area contributed by atoms with Crippen molar-refractivity contribution < 1.29 is 12.8 Å². The number of sulfone groups is 1. The molecule has 3 aromatic rings. The van der Waals surface area contributed by atoms with Gasteiger partial charge in [0, 0.05) is 25.8 Å². The van der Waals surface area contributed by atoms with E-state index in [1.165, 1.54) is 24.4 Å². The van der Waals surface area contributed by atoms with E-state index in [0.29, 0.717) is 23.7 Å². The van der Waals surface area contributed by atoms with Gasteiger partial charge in [0.05, 0.1) is 21.5 Å². The fourth-order valence-electron chi connectivity index (χ4n) is 4.21. The van der Waals surface area contributed by atoms with Crippen molar-refractivity contribution in [2.75, 3.05) is 18.0 Å². The third-order valence-corrected chi connectivity index (χ3v) is 7.81. The molecule has 1 aliphatic rings. The number of aryl methyl sites for hydroxylation is 1. The molecular formula is C24H27FN2O3S. The monoisotopic (exact) mass is 442 g/mol. The zero-order valence-electron chi connectivity index (χ0n) is 17.8. The Morgan fingerprint density at radius 3 is 2.42 bits per heavy atom. The van der Waals surface area contributed by atoms with E-state index < -0.39 is 21.1 Å². The number of anilines is 1. The van der Waals surface area contributed by atoms with Crippen LogP contribution in [0.15, 0.2) is 63.2 Å². The van der Waals surface area contributed by atoms with Gasteiger partial charge in [0.2, 0.25) is 15.3 Å². The van der Waals surface area contributed by atoms with Crippen molar-refractivity contribution in [3.05, 3.63) is 64.7 Å². The number of aromatic nitrogens is 1. The maximum Gasteiger partial charge on any atom is 0.211 e. The Morgan fingerprint density at radius 2 is 1.77 bits per heavy atom. The molecule has 4 rings (SSSR count). The van der Waals surface area contributed by atoms with Crippen molar-refractivity contribution in [1.82, 2.24) is 4.57 Å². The van der Waals surface area contributed by atoms with Crippen LogP contribution in [0.1, 0.15) is 33.1 Å². The largest absolute Gasteiger partial charge is 0.369 e. The Kier molecular flexibility index (Phi) is 5.88. The van der Waals surface area contributed by atoms with Crippen LogP contribution in [0.3, 0.4) is 0 Å². The van der Waals surface area contributed by atoms with Crippen LogP contribution in [-0.2, 0) is 16.4 Å². The average Bonchev–Trinajstić information content (AvgIpc) is 2.77. The summed E-state index contributed by atoms with van der Waals surface area (Å²) in [5, 5.41) is 0.0945. The lowest BCUT2D eigenvalue weighted by molar-refractivity contribution is 0.434. The molecule has 5 nitrogen and oxygen atoms in total. The quantitative estimate of drug-likeness (QED) is 0.579. The topological polar surface area (TPSA) is 59.4 Å². The summed E-state index contributed by atoms with van der Waals surface area (Å²) >= 11 is 0. The number of hydrogen-bond acceptors (Lipinski definition) is 4. The zero-order chi connectivity index (χ0) is 22.2. The molecule has 7 heteroatoms. The molecule has 2 aromatic carbocycles. The van der Waals surface area contributed by atoms with E-state index in [4.69, 9.17) is 0 Å². The second-order valence-electron chi connectivity index (χ2n) is 8.32. The van der Waals surface area contributed by atoms with Gasteiger partial charge in [0.1, 0.15) is 10.7 Å². The van der Waals surface area contributed by atoms with E-state index >= 15 is 4.39 Å². The highest BCUT2D eigenvalue weighted by atomic mass is 32.2. The molecule has 0 amide bonds. The van der Waals surface area contributed by atoms with Gasteiger partial charge in [0.25, 0.3) is 0 Å². The van der Waals surface area contributed by atoms with Gasteiger partial charge >= 0.3 is 0 Å². The first-order valence-corrected chi connectivity index (χ1v) is 12.2. The Hall–Kier alpha value is -2.67. The first-order valence-electron chi connectivity index (χ1n) is 10.7. The van der Waals surface area contributed by atoms with Crippen molar-refractivity contribution in [1.29, 1.82) is 0 Å². The standard InChI is InChI=1S/C24H27FN2O3S/c1-3-11-27-16-23(31(29,30)18-7-5-4-6-8-18)24(28)19-14-20(25)22(15-21(19)27)26-12-9-17(2)10-13-26/h4-8,14-17H,3,9-13H2,1-2H3. The van der Waals surface area contributed by atoms with Crippen LogP contribution in [0.5, 0.6) is 0 Å². The summed E-state index contributed by atoms with van der Waals surface area (Å²) in [5.41, 5.74) is 0.375. The maximum atomic E-state index is 15.1. The number of rotatable bonds is 5. The molecule has 1 fully saturated rings. The average molecular weight is 443 g/mol. The summed E-state index contributed by atoms with van der Waals surface area (Å²) in [7, 11) is -4.02. The summed E-state index contributed by atoms with van der Waals surface area (Å²) in [6.45, 7) is 6.23. The minimum absolute atomic E-state index is 0.0500. The molecule has 1 aliphatic heterocycles. The lowest BCUT2D eigenvalue weighted by Crippen LogP contribution is -2.33. The van der Waals surface area contributed by atoms with Crippen LogP contribution < -0.4 is 10.3 Å². The minimum Gasteiger partial charge on any atom is -0.369 e. The van der Waals surface area contributed by atoms with Gasteiger partial charge in [-0.1, -0.05) is 32.0 Å². The number of benzene rings is 2. The SMILES string of the molecule is CCCn1cc(S(=O)(=O)c2ccccc2)c(=O)c2cc(F)c(N3CCC(C)CC3)cc21. The molecule has 0 saturated carbocycles. The van der Waals surface area contributed by atoms with Crippen LogP contribution in [-0.4, -0.2) is 26.1 Å². The highest BCUT2D eigenvalue weighted by Crippen LogP contribution is 2.30. The second kappa shape index (κ2) is 8.46. The van der Waals surface area contributed by atoms with Crippen LogP contribution in [0.4, 0.5) is 10.1 Å². The van der Waals surface area contributed by atoms with Crippen LogP contribution in [0.25, 0.3) is 10.9 Å². The lowest BCUT2D eigenvalue weighted by Gasteiger charge is -2.32. The Balaban J connectivity index is 1.91. The van der Waals surface area contributed by atoms with Crippen molar-refractivity contribution >= 4 is 26.4 Å². The zero-order valence-corrected chi connectivity index (χ0v) is 18.7. The van der Waals surface area contributed by atoms with Gasteiger partial charge in [-0.2, -0.15) is 0 Å². The van der Waals surface area contributed by atoms with E-state index in [1.54, 1.807) is 28.8 Å². The number of fused-ring (bicyclic) bond motifs is 1. The van der Waals surface area contributed by atoms with E-state index in [9.17, 15) is 13.2 Å². The molecule has 31 heavy (non-hydrogen) atoms. The molecule has 0 bridgehead atoms. The predicted octanol–water partition coefficient (Wildman–Crippen LogP) is 4.62. The van der Waals surface area contributed by atoms with Crippen molar-refractivity contribution in [3.63, 3.8) is 0 Å². The Labute approximate surface area is 182 Å².